The van der Waals surface area contributed by atoms with E-state index in [0.29, 0.717) is 0 Å². The summed E-state index contributed by atoms with van der Waals surface area (Å²) in [5, 5.41) is 20.2. The summed E-state index contributed by atoms with van der Waals surface area (Å²) in [6.07, 6.45) is 9.29. The monoisotopic (exact) mass is 634 g/mol. The zero-order chi connectivity index (χ0) is 20.1. The zero-order valence-corrected chi connectivity index (χ0v) is 21.7. The minimum absolute atomic E-state index is 0.0309. The average Bonchev–Trinajstić information content (AvgIpc) is 2.60. The maximum Gasteiger partial charge on any atom is 0.117 e. The highest BCUT2D eigenvalue weighted by atomic mass is 79.9. The number of hydrogen-bond acceptors (Lipinski definition) is 2. The van der Waals surface area contributed by atoms with Crippen LogP contribution in [0.3, 0.4) is 0 Å². The number of halogens is 4. The van der Waals surface area contributed by atoms with E-state index in [0.717, 1.165) is 43.6 Å². The molecule has 0 bridgehead atoms. The Morgan fingerprint density at radius 2 is 0.786 bits per heavy atom. The molecule has 28 heavy (non-hydrogen) atoms. The minimum atomic E-state index is -0.0309. The number of hydrogen-bond donors (Lipinski definition) is 2. The van der Waals surface area contributed by atoms with Crippen LogP contribution in [0.2, 0.25) is 0 Å². The van der Waals surface area contributed by atoms with Gasteiger partial charge in [0.2, 0.25) is 0 Å². The highest BCUT2D eigenvalue weighted by molar-refractivity contribution is 9.11. The summed E-state index contributed by atoms with van der Waals surface area (Å²) in [6, 6.07) is 7.29. The first kappa shape index (κ1) is 21.2. The van der Waals surface area contributed by atoms with Gasteiger partial charge < -0.3 is 10.2 Å². The molecule has 6 heteroatoms. The highest BCUT2D eigenvalue weighted by Gasteiger charge is 2.57. The van der Waals surface area contributed by atoms with Crippen LogP contribution in [0.15, 0.2) is 42.2 Å². The number of rotatable bonds is 2. The molecule has 0 aromatic heterocycles. The van der Waals surface area contributed by atoms with E-state index in [1.165, 1.54) is 36.8 Å². The van der Waals surface area contributed by atoms with E-state index < -0.39 is 0 Å². The summed E-state index contributed by atoms with van der Waals surface area (Å²) >= 11 is 15.1. The van der Waals surface area contributed by atoms with Gasteiger partial charge in [-0.05, 0) is 61.1 Å². The predicted octanol–water partition coefficient (Wildman–Crippen LogP) is 8.47. The van der Waals surface area contributed by atoms with Gasteiger partial charge in [0.1, 0.15) is 11.5 Å². The first-order valence-corrected chi connectivity index (χ1v) is 12.8. The minimum Gasteiger partial charge on any atom is -0.508 e. The van der Waals surface area contributed by atoms with Crippen LogP contribution in [-0.2, 0) is 10.8 Å². The van der Waals surface area contributed by atoms with Gasteiger partial charge in [0.25, 0.3) is 0 Å². The fourth-order valence-electron chi connectivity index (χ4n) is 5.93. The third-order valence-electron chi connectivity index (χ3n) is 6.84. The van der Waals surface area contributed by atoms with E-state index in [1.807, 2.05) is 24.3 Å². The Morgan fingerprint density at radius 1 is 0.536 bits per heavy atom. The Labute approximate surface area is 199 Å². The lowest BCUT2D eigenvalue weighted by molar-refractivity contribution is 0.0785. The van der Waals surface area contributed by atoms with Crippen LogP contribution in [0.1, 0.15) is 62.5 Å². The molecule has 2 saturated carbocycles. The van der Waals surface area contributed by atoms with Crippen molar-refractivity contribution < 1.29 is 10.2 Å². The van der Waals surface area contributed by atoms with E-state index in [4.69, 9.17) is 0 Å². The first-order valence-electron chi connectivity index (χ1n) is 9.68. The lowest BCUT2D eigenvalue weighted by atomic mass is 9.46. The zero-order valence-electron chi connectivity index (χ0n) is 15.4. The van der Waals surface area contributed by atoms with Crippen LogP contribution in [0, 0.1) is 0 Å². The summed E-state index contributed by atoms with van der Waals surface area (Å²) in [4.78, 5) is 0. The van der Waals surface area contributed by atoms with Crippen molar-refractivity contribution in [2.75, 3.05) is 0 Å². The standard InChI is InChI=1S/C22H22Br4O2/c23-15-9-13(27)10-16(24)19(15)21-5-1-2-6-22(21,8-4-3-7-21)20-17(25)11-14(28)12-18(20)26/h9-12,27-28H,1-8H2. The SMILES string of the molecule is Oc1cc(Br)c(C23CCCCC2(c2c(Br)cc(O)cc2Br)CCCC3)c(Br)c1. The molecule has 0 saturated heterocycles. The van der Waals surface area contributed by atoms with Crippen LogP contribution in [0.25, 0.3) is 0 Å². The molecule has 2 nitrogen and oxygen atoms in total. The molecule has 2 aromatic carbocycles. The average molecular weight is 638 g/mol. The molecular formula is C22H22Br4O2. The molecule has 2 aliphatic rings. The predicted molar refractivity (Wildman–Crippen MR) is 127 cm³/mol. The molecule has 2 aliphatic carbocycles. The molecule has 0 radical (unpaired) electrons. The number of benzene rings is 2. The number of phenolic OH excluding ortho intramolecular Hbond substituents is 2. The number of phenols is 2. The van der Waals surface area contributed by atoms with Crippen molar-refractivity contribution in [3.8, 4) is 11.5 Å². The van der Waals surface area contributed by atoms with Crippen LogP contribution < -0.4 is 0 Å². The van der Waals surface area contributed by atoms with Gasteiger partial charge in [0.15, 0.2) is 0 Å². The van der Waals surface area contributed by atoms with Gasteiger partial charge in [-0.3, -0.25) is 0 Å². The molecule has 4 rings (SSSR count). The third kappa shape index (κ3) is 3.21. The molecule has 150 valence electrons. The third-order valence-corrected chi connectivity index (χ3v) is 9.34. The Bertz CT molecular complexity index is 791. The van der Waals surface area contributed by atoms with E-state index in [1.54, 1.807) is 0 Å². The molecule has 0 atom stereocenters. The summed E-state index contributed by atoms with van der Waals surface area (Å²) in [6.45, 7) is 0. The van der Waals surface area contributed by atoms with E-state index in [-0.39, 0.29) is 22.3 Å². The first-order chi connectivity index (χ1) is 13.3. The maximum atomic E-state index is 10.1. The lowest BCUT2D eigenvalue weighted by Crippen LogP contribution is -2.54. The van der Waals surface area contributed by atoms with Gasteiger partial charge in [-0.25, -0.2) is 0 Å². The number of aromatic hydroxyl groups is 2. The maximum absolute atomic E-state index is 10.1. The van der Waals surface area contributed by atoms with Crippen molar-refractivity contribution in [2.24, 2.45) is 0 Å². The normalized spacial score (nSPS) is 27.4. The molecule has 2 N–H and O–H groups in total. The number of fused-ring (bicyclic) bond motifs is 1. The summed E-state index contributed by atoms with van der Waals surface area (Å²) in [5.74, 6) is 0.534. The van der Waals surface area contributed by atoms with E-state index >= 15 is 0 Å². The molecule has 0 heterocycles. The highest BCUT2D eigenvalue weighted by Crippen LogP contribution is 2.65. The molecule has 0 amide bonds. The summed E-state index contributed by atoms with van der Waals surface area (Å²) in [7, 11) is 0. The van der Waals surface area contributed by atoms with Crippen molar-refractivity contribution in [1.29, 1.82) is 0 Å². The Kier molecular flexibility index (Phi) is 5.98. The molecular weight excluding hydrogens is 616 g/mol. The Hall–Kier alpha value is -0.0400. The second kappa shape index (κ2) is 7.90. The fourth-order valence-corrected chi connectivity index (χ4v) is 9.77. The lowest BCUT2D eigenvalue weighted by Gasteiger charge is -2.58. The van der Waals surface area contributed by atoms with Crippen molar-refractivity contribution in [3.05, 3.63) is 53.3 Å². The van der Waals surface area contributed by atoms with Crippen LogP contribution in [-0.4, -0.2) is 10.2 Å². The van der Waals surface area contributed by atoms with Gasteiger partial charge in [0.05, 0.1) is 0 Å². The largest absolute Gasteiger partial charge is 0.508 e. The molecule has 0 spiro atoms. The molecule has 2 fully saturated rings. The van der Waals surface area contributed by atoms with Gasteiger partial charge >= 0.3 is 0 Å². The fraction of sp³-hybridized carbons (Fsp3) is 0.455. The van der Waals surface area contributed by atoms with Crippen molar-refractivity contribution in [3.63, 3.8) is 0 Å². The van der Waals surface area contributed by atoms with E-state index in [9.17, 15) is 10.2 Å². The Balaban J connectivity index is 2.04. The van der Waals surface area contributed by atoms with Crippen LogP contribution >= 0.6 is 63.7 Å². The topological polar surface area (TPSA) is 40.5 Å². The van der Waals surface area contributed by atoms with Gasteiger partial charge in [-0.15, -0.1) is 0 Å². The molecule has 0 aliphatic heterocycles. The van der Waals surface area contributed by atoms with Gasteiger partial charge in [0, 0.05) is 28.7 Å². The second-order valence-corrected chi connectivity index (χ2v) is 11.6. The van der Waals surface area contributed by atoms with Crippen molar-refractivity contribution >= 4 is 63.7 Å². The summed E-state index contributed by atoms with van der Waals surface area (Å²) < 4.78 is 3.88. The van der Waals surface area contributed by atoms with Crippen LogP contribution in [0.4, 0.5) is 0 Å². The summed E-state index contributed by atoms with van der Waals surface area (Å²) in [5.41, 5.74) is 2.49. The van der Waals surface area contributed by atoms with Crippen molar-refractivity contribution in [1.82, 2.24) is 0 Å². The Morgan fingerprint density at radius 3 is 1.04 bits per heavy atom. The van der Waals surface area contributed by atoms with Crippen molar-refractivity contribution in [2.45, 2.75) is 62.2 Å². The quantitative estimate of drug-likeness (QED) is 0.347. The van der Waals surface area contributed by atoms with E-state index in [2.05, 4.69) is 63.7 Å². The smallest absolute Gasteiger partial charge is 0.117 e. The van der Waals surface area contributed by atoms with Gasteiger partial charge in [-0.1, -0.05) is 89.4 Å². The van der Waals surface area contributed by atoms with Gasteiger partial charge in [-0.2, -0.15) is 0 Å². The second-order valence-electron chi connectivity index (χ2n) is 8.15. The molecule has 2 aromatic rings. The molecule has 0 unspecified atom stereocenters. The van der Waals surface area contributed by atoms with Crippen LogP contribution in [0.5, 0.6) is 11.5 Å².